The Morgan fingerprint density at radius 2 is 1.62 bits per heavy atom. The number of benzene rings is 3. The van der Waals surface area contributed by atoms with Crippen molar-refractivity contribution in [1.82, 2.24) is 14.1 Å². The highest BCUT2D eigenvalue weighted by Crippen LogP contribution is 2.25. The SMILES string of the molecule is O=C(O)c1cc(-n2c(N3CCCCC3)nc(=O)n(Cc3ccccc3-c3ccccc3)c2=O)ccc1Cl. The molecule has 37 heavy (non-hydrogen) atoms. The number of carboxylic acid groups (broad SMARTS) is 1. The maximum Gasteiger partial charge on any atom is 0.355 e. The normalized spacial score (nSPS) is 13.5. The molecule has 0 radical (unpaired) electrons. The van der Waals surface area contributed by atoms with Gasteiger partial charge >= 0.3 is 17.3 Å². The van der Waals surface area contributed by atoms with Crippen LogP contribution in [0, 0.1) is 0 Å². The zero-order valence-corrected chi connectivity index (χ0v) is 20.8. The molecule has 0 aliphatic carbocycles. The minimum absolute atomic E-state index is 0.00932. The summed E-state index contributed by atoms with van der Waals surface area (Å²) in [6.07, 6.45) is 2.87. The topological polar surface area (TPSA) is 97.4 Å². The van der Waals surface area contributed by atoms with E-state index < -0.39 is 17.3 Å². The molecular weight excluding hydrogens is 492 g/mol. The van der Waals surface area contributed by atoms with Crippen LogP contribution in [0.1, 0.15) is 35.2 Å². The van der Waals surface area contributed by atoms with Gasteiger partial charge in [0.05, 0.1) is 22.8 Å². The molecule has 0 atom stereocenters. The molecule has 2 heterocycles. The third kappa shape index (κ3) is 4.93. The van der Waals surface area contributed by atoms with Gasteiger partial charge in [0.25, 0.3) is 0 Å². The lowest BCUT2D eigenvalue weighted by molar-refractivity contribution is 0.0697. The molecule has 1 aliphatic rings. The second kappa shape index (κ2) is 10.4. The molecule has 0 amide bonds. The number of aromatic carboxylic acids is 1. The molecule has 1 saturated heterocycles. The summed E-state index contributed by atoms with van der Waals surface area (Å²) in [5.74, 6) is -1.00. The number of piperidine rings is 1. The van der Waals surface area contributed by atoms with Crippen molar-refractivity contribution in [3.05, 3.63) is 110 Å². The average molecular weight is 517 g/mol. The van der Waals surface area contributed by atoms with E-state index in [4.69, 9.17) is 11.6 Å². The van der Waals surface area contributed by atoms with Gasteiger partial charge in [0.15, 0.2) is 0 Å². The number of hydrogen-bond acceptors (Lipinski definition) is 5. The molecule has 8 nitrogen and oxygen atoms in total. The molecular formula is C28H25ClN4O4. The van der Waals surface area contributed by atoms with E-state index in [2.05, 4.69) is 4.98 Å². The summed E-state index contributed by atoms with van der Waals surface area (Å²) in [5.41, 5.74) is 1.55. The molecule has 1 aliphatic heterocycles. The van der Waals surface area contributed by atoms with Crippen molar-refractivity contribution in [2.24, 2.45) is 0 Å². The van der Waals surface area contributed by atoms with Gasteiger partial charge in [-0.1, -0.05) is 66.2 Å². The fourth-order valence-electron chi connectivity index (χ4n) is 4.70. The van der Waals surface area contributed by atoms with Gasteiger partial charge in [-0.3, -0.25) is 0 Å². The summed E-state index contributed by atoms with van der Waals surface area (Å²) in [5, 5.41) is 9.66. The van der Waals surface area contributed by atoms with Crippen LogP contribution in [0.5, 0.6) is 0 Å². The van der Waals surface area contributed by atoms with E-state index in [0.717, 1.165) is 40.5 Å². The fourth-order valence-corrected chi connectivity index (χ4v) is 4.89. The van der Waals surface area contributed by atoms with Crippen LogP contribution >= 0.6 is 11.6 Å². The van der Waals surface area contributed by atoms with Crippen LogP contribution in [0.15, 0.2) is 82.4 Å². The van der Waals surface area contributed by atoms with E-state index in [1.54, 1.807) is 6.07 Å². The predicted molar refractivity (Wildman–Crippen MR) is 143 cm³/mol. The minimum atomic E-state index is -1.21. The first-order chi connectivity index (χ1) is 17.9. The Kier molecular flexibility index (Phi) is 6.92. The molecule has 0 spiro atoms. The first kappa shape index (κ1) is 24.5. The Morgan fingerprint density at radius 3 is 2.35 bits per heavy atom. The van der Waals surface area contributed by atoms with E-state index in [-0.39, 0.29) is 28.8 Å². The Morgan fingerprint density at radius 1 is 0.919 bits per heavy atom. The second-order valence-electron chi connectivity index (χ2n) is 8.94. The summed E-state index contributed by atoms with van der Waals surface area (Å²) >= 11 is 6.10. The van der Waals surface area contributed by atoms with Crippen molar-refractivity contribution in [2.75, 3.05) is 18.0 Å². The van der Waals surface area contributed by atoms with Crippen LogP contribution in [0.3, 0.4) is 0 Å². The van der Waals surface area contributed by atoms with Crippen LogP contribution in [-0.4, -0.2) is 38.3 Å². The monoisotopic (exact) mass is 516 g/mol. The quantitative estimate of drug-likeness (QED) is 0.406. The Labute approximate surface area is 218 Å². The van der Waals surface area contributed by atoms with E-state index in [0.29, 0.717) is 13.1 Å². The third-order valence-electron chi connectivity index (χ3n) is 6.56. The fraction of sp³-hybridized carbons (Fsp3) is 0.214. The van der Waals surface area contributed by atoms with Crippen LogP contribution < -0.4 is 16.3 Å². The van der Waals surface area contributed by atoms with Crippen LogP contribution in [-0.2, 0) is 6.54 Å². The highest BCUT2D eigenvalue weighted by atomic mass is 35.5. The number of carboxylic acids is 1. The first-order valence-electron chi connectivity index (χ1n) is 12.1. The highest BCUT2D eigenvalue weighted by molar-refractivity contribution is 6.33. The van der Waals surface area contributed by atoms with E-state index in [9.17, 15) is 19.5 Å². The largest absolute Gasteiger partial charge is 0.478 e. The Hall–Kier alpha value is -4.17. The molecule has 0 bridgehead atoms. The van der Waals surface area contributed by atoms with Gasteiger partial charge in [0.1, 0.15) is 0 Å². The van der Waals surface area contributed by atoms with Gasteiger partial charge in [-0.05, 0) is 54.2 Å². The lowest BCUT2D eigenvalue weighted by atomic mass is 10.00. The van der Waals surface area contributed by atoms with Gasteiger partial charge in [0, 0.05) is 13.1 Å². The molecule has 5 rings (SSSR count). The number of anilines is 1. The maximum absolute atomic E-state index is 14.0. The second-order valence-corrected chi connectivity index (χ2v) is 9.35. The van der Waals surface area contributed by atoms with Crippen molar-refractivity contribution in [3.8, 4) is 16.8 Å². The zero-order chi connectivity index (χ0) is 25.9. The van der Waals surface area contributed by atoms with Gasteiger partial charge in [-0.2, -0.15) is 4.98 Å². The average Bonchev–Trinajstić information content (AvgIpc) is 2.92. The third-order valence-corrected chi connectivity index (χ3v) is 6.89. The lowest BCUT2D eigenvalue weighted by Crippen LogP contribution is -2.45. The zero-order valence-electron chi connectivity index (χ0n) is 20.0. The smallest absolute Gasteiger partial charge is 0.355 e. The van der Waals surface area contributed by atoms with E-state index in [1.807, 2.05) is 59.5 Å². The summed E-state index contributed by atoms with van der Waals surface area (Å²) < 4.78 is 2.41. The van der Waals surface area contributed by atoms with Gasteiger partial charge in [-0.15, -0.1) is 0 Å². The number of aromatic nitrogens is 3. The molecule has 4 aromatic rings. The van der Waals surface area contributed by atoms with Crippen molar-refractivity contribution < 1.29 is 9.90 Å². The highest BCUT2D eigenvalue weighted by Gasteiger charge is 2.23. The predicted octanol–water partition coefficient (Wildman–Crippen LogP) is 4.45. The van der Waals surface area contributed by atoms with Crippen LogP contribution in [0.4, 0.5) is 5.95 Å². The molecule has 9 heteroatoms. The number of rotatable bonds is 6. The van der Waals surface area contributed by atoms with Gasteiger partial charge < -0.3 is 10.0 Å². The van der Waals surface area contributed by atoms with E-state index in [1.165, 1.54) is 16.7 Å². The van der Waals surface area contributed by atoms with Crippen molar-refractivity contribution >= 4 is 23.5 Å². The van der Waals surface area contributed by atoms with Gasteiger partial charge in [0.2, 0.25) is 5.95 Å². The summed E-state index contributed by atoms with van der Waals surface area (Å²) in [6.45, 7) is 1.30. The Bertz CT molecular complexity index is 1570. The maximum atomic E-state index is 14.0. The van der Waals surface area contributed by atoms with Gasteiger partial charge in [-0.25, -0.2) is 23.5 Å². The number of halogens is 1. The molecule has 1 fully saturated rings. The molecule has 0 saturated carbocycles. The summed E-state index contributed by atoms with van der Waals surface area (Å²) in [6, 6.07) is 21.7. The summed E-state index contributed by atoms with van der Waals surface area (Å²) in [7, 11) is 0. The number of hydrogen-bond donors (Lipinski definition) is 1. The summed E-state index contributed by atoms with van der Waals surface area (Å²) in [4.78, 5) is 45.2. The molecule has 1 aromatic heterocycles. The Balaban J connectivity index is 1.69. The first-order valence-corrected chi connectivity index (χ1v) is 12.5. The van der Waals surface area contributed by atoms with E-state index >= 15 is 0 Å². The van der Waals surface area contributed by atoms with Crippen molar-refractivity contribution in [3.63, 3.8) is 0 Å². The lowest BCUT2D eigenvalue weighted by Gasteiger charge is -2.29. The van der Waals surface area contributed by atoms with Crippen molar-refractivity contribution in [2.45, 2.75) is 25.8 Å². The van der Waals surface area contributed by atoms with Crippen LogP contribution in [0.2, 0.25) is 5.02 Å². The van der Waals surface area contributed by atoms with Crippen molar-refractivity contribution in [1.29, 1.82) is 0 Å². The molecule has 188 valence electrons. The van der Waals surface area contributed by atoms with Crippen LogP contribution in [0.25, 0.3) is 16.8 Å². The molecule has 3 aromatic carbocycles. The number of carbonyl (C=O) groups is 1. The minimum Gasteiger partial charge on any atom is -0.478 e. The number of nitrogens with zero attached hydrogens (tertiary/aromatic N) is 4. The molecule has 1 N–H and O–H groups in total. The standard InChI is InChI=1S/C28H25ClN4O4/c29-24-14-13-21(17-23(24)25(34)35)33-26(31-15-7-2-8-16-31)30-27(36)32(28(33)37)18-20-11-5-6-12-22(20)19-9-3-1-4-10-19/h1,3-6,9-14,17H,2,7-8,15-16,18H2,(H,34,35). The molecule has 0 unspecified atom stereocenters.